The van der Waals surface area contributed by atoms with Crippen LogP contribution in [0.4, 0.5) is 14.5 Å². The molecule has 2 aromatic heterocycles. The van der Waals surface area contributed by atoms with Crippen LogP contribution in [0.2, 0.25) is 0 Å². The third-order valence-electron chi connectivity index (χ3n) is 6.97. The highest BCUT2D eigenvalue weighted by Crippen LogP contribution is 2.39. The number of halogens is 2. The van der Waals surface area contributed by atoms with E-state index >= 15 is 8.78 Å². The van der Waals surface area contributed by atoms with Crippen molar-refractivity contribution >= 4 is 22.7 Å². The van der Waals surface area contributed by atoms with E-state index in [9.17, 15) is 10.2 Å². The monoisotopic (exact) mass is 487 g/mol. The van der Waals surface area contributed by atoms with Crippen molar-refractivity contribution in [3.63, 3.8) is 0 Å². The normalized spacial score (nSPS) is 19.5. The van der Waals surface area contributed by atoms with Crippen molar-refractivity contribution < 1.29 is 19.0 Å². The molecule has 5 rings (SSSR count). The van der Waals surface area contributed by atoms with Gasteiger partial charge in [0, 0.05) is 35.2 Å². The predicted octanol–water partition coefficient (Wildman–Crippen LogP) is 3.77. The fourth-order valence-electron chi connectivity index (χ4n) is 4.75. The van der Waals surface area contributed by atoms with Gasteiger partial charge in [-0.2, -0.15) is 0 Å². The minimum absolute atomic E-state index is 0.107. The highest BCUT2D eigenvalue weighted by molar-refractivity contribution is 7.15. The van der Waals surface area contributed by atoms with Gasteiger partial charge in [-0.05, 0) is 52.2 Å². The predicted molar refractivity (Wildman–Crippen MR) is 127 cm³/mol. The van der Waals surface area contributed by atoms with Crippen LogP contribution in [0.25, 0.3) is 5.00 Å². The summed E-state index contributed by atoms with van der Waals surface area (Å²) in [5.41, 5.74) is 1.23. The lowest BCUT2D eigenvalue weighted by Gasteiger charge is -2.38. The van der Waals surface area contributed by atoms with Crippen LogP contribution in [-0.2, 0) is 0 Å². The number of thiophene rings is 1. The summed E-state index contributed by atoms with van der Waals surface area (Å²) in [5.74, 6) is 0.272. The van der Waals surface area contributed by atoms with Crippen molar-refractivity contribution in [2.45, 2.75) is 52.2 Å². The van der Waals surface area contributed by atoms with Crippen LogP contribution >= 0.6 is 11.3 Å². The summed E-state index contributed by atoms with van der Waals surface area (Å²) < 4.78 is 33.0. The average molecular weight is 488 g/mol. The summed E-state index contributed by atoms with van der Waals surface area (Å²) in [4.78, 5) is 7.58. The molecule has 1 aromatic carbocycles. The van der Waals surface area contributed by atoms with Crippen LogP contribution < -0.4 is 4.90 Å². The number of aliphatic hydroxyl groups is 2. The minimum Gasteiger partial charge on any atom is -0.393 e. The molecule has 34 heavy (non-hydrogen) atoms. The van der Waals surface area contributed by atoms with Crippen LogP contribution in [0.15, 0.2) is 17.1 Å². The quantitative estimate of drug-likeness (QED) is 0.588. The largest absolute Gasteiger partial charge is 0.393 e. The molecule has 180 valence electrons. The Morgan fingerprint density at radius 2 is 1.82 bits per heavy atom. The molecule has 2 N–H and O–H groups in total. The lowest BCUT2D eigenvalue weighted by molar-refractivity contribution is -0.0326. The fraction of sp³-hybridized carbons (Fsp3) is 0.458. The van der Waals surface area contributed by atoms with Crippen molar-refractivity contribution in [2.75, 3.05) is 24.6 Å². The molecule has 10 heteroatoms. The zero-order valence-corrected chi connectivity index (χ0v) is 20.4. The minimum atomic E-state index is -1.17. The molecule has 0 bridgehead atoms. The molecule has 1 fully saturated rings. The van der Waals surface area contributed by atoms with Crippen molar-refractivity contribution in [3.05, 3.63) is 57.0 Å². The molecule has 0 spiro atoms. The van der Waals surface area contributed by atoms with Crippen LogP contribution in [0.1, 0.15) is 59.0 Å². The number of benzene rings is 1. The summed E-state index contributed by atoms with van der Waals surface area (Å²) in [7, 11) is 0. The Bertz CT molecular complexity index is 1310. The Morgan fingerprint density at radius 3 is 2.50 bits per heavy atom. The molecule has 0 radical (unpaired) electrons. The third-order valence-corrected chi connectivity index (χ3v) is 8.17. The van der Waals surface area contributed by atoms with Gasteiger partial charge in [-0.3, -0.25) is 9.56 Å². The van der Waals surface area contributed by atoms with Crippen LogP contribution in [0.3, 0.4) is 0 Å². The number of hydrogen-bond donors (Lipinski definition) is 2. The van der Waals surface area contributed by atoms with Gasteiger partial charge in [0.05, 0.1) is 23.6 Å². The average Bonchev–Trinajstić information content (AvgIpc) is 3.29. The maximum absolute atomic E-state index is 15.6. The summed E-state index contributed by atoms with van der Waals surface area (Å²) >= 11 is 1.56. The number of piperidine rings is 1. The highest BCUT2D eigenvalue weighted by Gasteiger charge is 2.34. The molecule has 0 saturated carbocycles. The number of aryl methyl sites for hydroxylation is 2. The number of hydrogen-bond acceptors (Lipinski definition) is 7. The van der Waals surface area contributed by atoms with E-state index in [0.29, 0.717) is 24.6 Å². The Morgan fingerprint density at radius 1 is 1.12 bits per heavy atom. The fourth-order valence-corrected chi connectivity index (χ4v) is 5.96. The van der Waals surface area contributed by atoms with Crippen molar-refractivity contribution in [2.24, 2.45) is 4.99 Å². The van der Waals surface area contributed by atoms with Gasteiger partial charge >= 0.3 is 0 Å². The topological polar surface area (TPSA) is 86.8 Å². The first-order chi connectivity index (χ1) is 16.1. The molecule has 0 aliphatic carbocycles. The molecule has 2 aliphatic rings. The van der Waals surface area contributed by atoms with Crippen molar-refractivity contribution in [1.82, 2.24) is 14.8 Å². The van der Waals surface area contributed by atoms with Gasteiger partial charge in [0.1, 0.15) is 28.5 Å². The third kappa shape index (κ3) is 3.55. The smallest absolute Gasteiger partial charge is 0.162 e. The highest BCUT2D eigenvalue weighted by atomic mass is 32.1. The number of aliphatic hydroxyl groups excluding tert-OH is 1. The summed E-state index contributed by atoms with van der Waals surface area (Å²) in [6, 6.07) is 2.04. The van der Waals surface area contributed by atoms with E-state index in [1.807, 2.05) is 32.3 Å². The van der Waals surface area contributed by atoms with Gasteiger partial charge in [0.25, 0.3) is 0 Å². The number of fused-ring (bicyclic) bond motifs is 3. The molecule has 0 unspecified atom stereocenters. The Kier molecular flexibility index (Phi) is 5.57. The van der Waals surface area contributed by atoms with Crippen LogP contribution in [0.5, 0.6) is 0 Å². The number of nitrogens with zero attached hydrogens (tertiary/aromatic N) is 5. The van der Waals surface area contributed by atoms with E-state index in [1.54, 1.807) is 16.2 Å². The lowest BCUT2D eigenvalue weighted by Crippen LogP contribution is -2.47. The number of anilines is 1. The van der Waals surface area contributed by atoms with Gasteiger partial charge in [-0.15, -0.1) is 21.5 Å². The van der Waals surface area contributed by atoms with Crippen molar-refractivity contribution in [3.8, 4) is 5.00 Å². The second kappa shape index (κ2) is 8.21. The van der Waals surface area contributed by atoms with Crippen molar-refractivity contribution in [1.29, 1.82) is 0 Å². The molecule has 4 heterocycles. The van der Waals surface area contributed by atoms with Gasteiger partial charge < -0.3 is 15.1 Å². The number of rotatable bonds is 3. The van der Waals surface area contributed by atoms with E-state index < -0.39 is 23.3 Å². The SMILES string of the molecule is Cc1sc2c(c1C)C(c1cc(F)c(N3CCC(O)(CO)CC3)cc1F)=N[C@@H](C)c1nnc(C)n1-2. The summed E-state index contributed by atoms with van der Waals surface area (Å²) in [6.45, 7) is 8.01. The zero-order valence-electron chi connectivity index (χ0n) is 19.6. The van der Waals surface area contributed by atoms with Gasteiger partial charge in [0.2, 0.25) is 0 Å². The molecular weight excluding hydrogens is 460 g/mol. The van der Waals surface area contributed by atoms with Gasteiger partial charge in [0.15, 0.2) is 5.82 Å². The maximum atomic E-state index is 15.6. The van der Waals surface area contributed by atoms with E-state index in [-0.39, 0.29) is 30.7 Å². The molecule has 1 atom stereocenters. The van der Waals surface area contributed by atoms with Gasteiger partial charge in [-0.25, -0.2) is 8.78 Å². The molecule has 0 amide bonds. The maximum Gasteiger partial charge on any atom is 0.162 e. The number of aromatic nitrogens is 3. The van der Waals surface area contributed by atoms with E-state index in [2.05, 4.69) is 10.2 Å². The summed E-state index contributed by atoms with van der Waals surface area (Å²) in [6.07, 6.45) is 0.568. The van der Waals surface area contributed by atoms with Gasteiger partial charge in [-0.1, -0.05) is 0 Å². The van der Waals surface area contributed by atoms with E-state index in [1.165, 1.54) is 12.1 Å². The molecule has 2 aliphatic heterocycles. The summed E-state index contributed by atoms with van der Waals surface area (Å²) in [5, 5.41) is 29.0. The second-order valence-corrected chi connectivity index (χ2v) is 10.4. The lowest BCUT2D eigenvalue weighted by atomic mass is 9.92. The second-order valence-electron chi connectivity index (χ2n) is 9.21. The first-order valence-electron chi connectivity index (χ1n) is 11.3. The molecular formula is C24H27F2N5O2S. The Hall–Kier alpha value is -2.69. The van der Waals surface area contributed by atoms with Crippen LogP contribution in [0, 0.1) is 32.4 Å². The standard InChI is InChI=1S/C24H27F2N5O2S/c1-12-14(3)34-23-20(12)21(27-13(2)22-29-28-15(4)31(22)23)16-9-18(26)19(10-17(16)25)30-7-5-24(33,11-32)6-8-30/h9-10,13,32-33H,5-8,11H2,1-4H3/t13-/m0/s1. The number of aliphatic imine (C=N–C) groups is 1. The zero-order chi connectivity index (χ0) is 24.4. The van der Waals surface area contributed by atoms with E-state index in [0.717, 1.165) is 26.8 Å². The molecule has 7 nitrogen and oxygen atoms in total. The Labute approximate surface area is 200 Å². The molecule has 1 saturated heterocycles. The first kappa shape index (κ1) is 23.1. The Balaban J connectivity index is 1.60. The van der Waals surface area contributed by atoms with Crippen LogP contribution in [-0.4, -0.2) is 56.0 Å². The first-order valence-corrected chi connectivity index (χ1v) is 12.1. The molecule has 3 aromatic rings. The van der Waals surface area contributed by atoms with E-state index in [4.69, 9.17) is 4.99 Å².